The summed E-state index contributed by atoms with van der Waals surface area (Å²) in [7, 11) is 0. The Morgan fingerprint density at radius 2 is 1.95 bits per heavy atom. The molecule has 0 unspecified atom stereocenters. The largest absolute Gasteiger partial charge is 0.312 e. The van der Waals surface area contributed by atoms with Crippen molar-refractivity contribution < 1.29 is 4.79 Å². The van der Waals surface area contributed by atoms with Crippen molar-refractivity contribution in [1.82, 2.24) is 0 Å². The molecule has 0 saturated heterocycles. The highest BCUT2D eigenvalue weighted by Gasteiger charge is 2.21. The number of carbonyl (C=O) groups excluding carboxylic acids is 1. The Balaban J connectivity index is 1.71. The third-order valence-corrected chi connectivity index (χ3v) is 4.13. The molecule has 0 spiro atoms. The monoisotopic (exact) mass is 279 g/mol. The topological polar surface area (TPSA) is 20.3 Å². The summed E-state index contributed by atoms with van der Waals surface area (Å²) in [4.78, 5) is 14.5. The maximum atomic E-state index is 12.5. The molecule has 0 aliphatic carbocycles. The molecule has 1 aliphatic rings. The van der Waals surface area contributed by atoms with Gasteiger partial charge in [0.2, 0.25) is 5.91 Å². The summed E-state index contributed by atoms with van der Waals surface area (Å²) in [6.07, 6.45) is 3.54. The van der Waals surface area contributed by atoms with Crippen LogP contribution < -0.4 is 4.90 Å². The zero-order valence-corrected chi connectivity index (χ0v) is 12.5. The molecule has 1 heterocycles. The molecule has 0 atom stereocenters. The molecule has 3 rings (SSSR count). The van der Waals surface area contributed by atoms with Crippen LogP contribution in [0.3, 0.4) is 0 Å². The molecule has 0 aromatic heterocycles. The number of anilines is 1. The van der Waals surface area contributed by atoms with E-state index in [1.807, 2.05) is 23.1 Å². The summed E-state index contributed by atoms with van der Waals surface area (Å²) >= 11 is 0. The van der Waals surface area contributed by atoms with Crippen molar-refractivity contribution in [2.45, 2.75) is 32.6 Å². The highest BCUT2D eigenvalue weighted by Crippen LogP contribution is 2.28. The van der Waals surface area contributed by atoms with Crippen molar-refractivity contribution in [1.29, 1.82) is 0 Å². The number of hydrogen-bond donors (Lipinski definition) is 0. The van der Waals surface area contributed by atoms with Crippen molar-refractivity contribution in [3.8, 4) is 0 Å². The van der Waals surface area contributed by atoms with E-state index in [2.05, 4.69) is 37.3 Å². The van der Waals surface area contributed by atoms with Gasteiger partial charge in [-0.2, -0.15) is 0 Å². The van der Waals surface area contributed by atoms with E-state index in [0.717, 1.165) is 31.5 Å². The maximum Gasteiger partial charge on any atom is 0.227 e. The number of nitrogens with zero attached hydrogens (tertiary/aromatic N) is 1. The highest BCUT2D eigenvalue weighted by molar-refractivity contribution is 5.94. The number of benzene rings is 2. The van der Waals surface area contributed by atoms with Gasteiger partial charge < -0.3 is 4.90 Å². The molecule has 21 heavy (non-hydrogen) atoms. The molecule has 1 amide bonds. The van der Waals surface area contributed by atoms with E-state index in [0.29, 0.717) is 6.42 Å². The fraction of sp³-hybridized carbons (Fsp3) is 0.316. The van der Waals surface area contributed by atoms with Crippen LogP contribution >= 0.6 is 0 Å². The third-order valence-electron chi connectivity index (χ3n) is 4.13. The Kier molecular flexibility index (Phi) is 4.05. The molecule has 0 saturated carbocycles. The molecule has 2 aromatic carbocycles. The summed E-state index contributed by atoms with van der Waals surface area (Å²) in [6, 6.07) is 16.6. The smallest absolute Gasteiger partial charge is 0.227 e. The summed E-state index contributed by atoms with van der Waals surface area (Å²) in [5, 5.41) is 0. The lowest BCUT2D eigenvalue weighted by molar-refractivity contribution is -0.118. The summed E-state index contributed by atoms with van der Waals surface area (Å²) in [5.74, 6) is 0.239. The first-order valence-electron chi connectivity index (χ1n) is 7.68. The number of amides is 1. The zero-order valence-electron chi connectivity index (χ0n) is 12.5. The Hall–Kier alpha value is -2.09. The number of aryl methyl sites for hydroxylation is 3. The summed E-state index contributed by atoms with van der Waals surface area (Å²) < 4.78 is 0. The summed E-state index contributed by atoms with van der Waals surface area (Å²) in [6.45, 7) is 2.96. The van der Waals surface area contributed by atoms with E-state index >= 15 is 0 Å². The van der Waals surface area contributed by atoms with Crippen LogP contribution in [0.5, 0.6) is 0 Å². The van der Waals surface area contributed by atoms with Gasteiger partial charge in [-0.25, -0.2) is 0 Å². The number of rotatable bonds is 3. The molecular weight excluding hydrogens is 258 g/mol. The van der Waals surface area contributed by atoms with Gasteiger partial charge >= 0.3 is 0 Å². The average molecular weight is 279 g/mol. The van der Waals surface area contributed by atoms with Crippen molar-refractivity contribution in [2.75, 3.05) is 11.4 Å². The van der Waals surface area contributed by atoms with Gasteiger partial charge in [0.05, 0.1) is 0 Å². The molecule has 1 aliphatic heterocycles. The van der Waals surface area contributed by atoms with Gasteiger partial charge in [-0.1, -0.05) is 48.0 Å². The van der Waals surface area contributed by atoms with Crippen molar-refractivity contribution in [2.24, 2.45) is 0 Å². The van der Waals surface area contributed by atoms with Crippen LogP contribution in [0.15, 0.2) is 48.5 Å². The fourth-order valence-electron chi connectivity index (χ4n) is 3.02. The van der Waals surface area contributed by atoms with Crippen molar-refractivity contribution >= 4 is 11.6 Å². The lowest BCUT2D eigenvalue weighted by Crippen LogP contribution is -2.35. The third kappa shape index (κ3) is 3.15. The van der Waals surface area contributed by atoms with E-state index in [-0.39, 0.29) is 5.91 Å². The zero-order chi connectivity index (χ0) is 14.7. The predicted octanol–water partition coefficient (Wildman–Crippen LogP) is 3.91. The standard InChI is InChI=1S/C19H21NO/c1-15-9-11-18-17(14-15)8-5-13-20(18)19(21)12-10-16-6-3-2-4-7-16/h2-4,6-7,9,11,14H,5,8,10,12-13H2,1H3. The average Bonchev–Trinajstić information content (AvgIpc) is 2.52. The van der Waals surface area contributed by atoms with Gasteiger partial charge in [-0.05, 0) is 43.4 Å². The molecule has 2 heteroatoms. The lowest BCUT2D eigenvalue weighted by Gasteiger charge is -2.30. The van der Waals surface area contributed by atoms with Crippen LogP contribution in [0.25, 0.3) is 0 Å². The van der Waals surface area contributed by atoms with E-state index in [4.69, 9.17) is 0 Å². The molecule has 108 valence electrons. The summed E-state index contributed by atoms with van der Waals surface area (Å²) in [5.41, 5.74) is 4.93. The van der Waals surface area contributed by atoms with Crippen LogP contribution in [-0.4, -0.2) is 12.5 Å². The van der Waals surface area contributed by atoms with Gasteiger partial charge in [0.15, 0.2) is 0 Å². The molecule has 0 fully saturated rings. The Labute approximate surface area is 126 Å². The number of fused-ring (bicyclic) bond motifs is 1. The SMILES string of the molecule is Cc1ccc2c(c1)CCCN2C(=O)CCc1ccccc1. The van der Waals surface area contributed by atoms with Crippen molar-refractivity contribution in [3.05, 3.63) is 65.2 Å². The van der Waals surface area contributed by atoms with Gasteiger partial charge in [-0.3, -0.25) is 4.79 Å². The normalized spacial score (nSPS) is 13.9. The van der Waals surface area contributed by atoms with Gasteiger partial charge in [-0.15, -0.1) is 0 Å². The van der Waals surface area contributed by atoms with Crippen LogP contribution in [0.4, 0.5) is 5.69 Å². The van der Waals surface area contributed by atoms with E-state index in [1.165, 1.54) is 16.7 Å². The van der Waals surface area contributed by atoms with E-state index in [1.54, 1.807) is 0 Å². The predicted molar refractivity (Wildman–Crippen MR) is 86.6 cm³/mol. The van der Waals surface area contributed by atoms with E-state index < -0.39 is 0 Å². The van der Waals surface area contributed by atoms with Crippen LogP contribution in [0.2, 0.25) is 0 Å². The number of hydrogen-bond acceptors (Lipinski definition) is 1. The van der Waals surface area contributed by atoms with Gasteiger partial charge in [0, 0.05) is 18.7 Å². The molecular formula is C19H21NO. The second-order valence-corrected chi connectivity index (χ2v) is 5.77. The minimum absolute atomic E-state index is 0.239. The minimum Gasteiger partial charge on any atom is -0.312 e. The molecule has 0 radical (unpaired) electrons. The molecule has 0 bridgehead atoms. The second-order valence-electron chi connectivity index (χ2n) is 5.77. The number of carbonyl (C=O) groups is 1. The first kappa shape index (κ1) is 13.9. The first-order chi connectivity index (χ1) is 10.2. The first-order valence-corrected chi connectivity index (χ1v) is 7.68. The molecule has 2 nitrogen and oxygen atoms in total. The molecule has 0 N–H and O–H groups in total. The molecule has 2 aromatic rings. The second kappa shape index (κ2) is 6.13. The van der Waals surface area contributed by atoms with Crippen LogP contribution in [0, 0.1) is 6.92 Å². The maximum absolute atomic E-state index is 12.5. The Bertz CT molecular complexity index is 633. The van der Waals surface area contributed by atoms with Crippen molar-refractivity contribution in [3.63, 3.8) is 0 Å². The fourth-order valence-corrected chi connectivity index (χ4v) is 3.02. The lowest BCUT2D eigenvalue weighted by atomic mass is 9.99. The van der Waals surface area contributed by atoms with E-state index in [9.17, 15) is 4.79 Å². The Morgan fingerprint density at radius 1 is 1.14 bits per heavy atom. The van der Waals surface area contributed by atoms with Crippen LogP contribution in [-0.2, 0) is 17.6 Å². The van der Waals surface area contributed by atoms with Gasteiger partial charge in [0.1, 0.15) is 0 Å². The van der Waals surface area contributed by atoms with Crippen LogP contribution in [0.1, 0.15) is 29.5 Å². The Morgan fingerprint density at radius 3 is 2.76 bits per heavy atom. The highest BCUT2D eigenvalue weighted by atomic mass is 16.2. The minimum atomic E-state index is 0.239. The quantitative estimate of drug-likeness (QED) is 0.834. The van der Waals surface area contributed by atoms with Gasteiger partial charge in [0.25, 0.3) is 0 Å².